The van der Waals surface area contributed by atoms with Gasteiger partial charge in [0, 0.05) is 13.1 Å². The average Bonchev–Trinajstić information content (AvgIpc) is 3.02. The molecule has 0 atom stereocenters. The van der Waals surface area contributed by atoms with E-state index in [-0.39, 0.29) is 11.3 Å². The van der Waals surface area contributed by atoms with E-state index >= 15 is 0 Å². The summed E-state index contributed by atoms with van der Waals surface area (Å²) < 4.78 is 0. The van der Waals surface area contributed by atoms with Crippen molar-refractivity contribution in [2.75, 3.05) is 19.6 Å². The summed E-state index contributed by atoms with van der Waals surface area (Å²) in [6.07, 6.45) is 12.0. The molecule has 0 bridgehead atoms. The first kappa shape index (κ1) is 12.4. The molecule has 3 nitrogen and oxygen atoms in total. The maximum Gasteiger partial charge on any atom is 0.230 e. The number of carbonyl (C=O) groups excluding carboxylic acids is 1. The van der Waals surface area contributed by atoms with Gasteiger partial charge in [0.1, 0.15) is 0 Å². The molecule has 2 aliphatic carbocycles. The van der Waals surface area contributed by atoms with Gasteiger partial charge in [0.2, 0.25) is 5.91 Å². The van der Waals surface area contributed by atoms with Crippen LogP contribution in [0, 0.1) is 23.7 Å². The fraction of sp³-hybridized carbons (Fsp3) is 0.786. The van der Waals surface area contributed by atoms with E-state index < -0.39 is 0 Å². The van der Waals surface area contributed by atoms with Crippen LogP contribution in [0.15, 0.2) is 0 Å². The number of rotatable bonds is 5. The lowest BCUT2D eigenvalue weighted by molar-refractivity contribution is -0.141. The molecule has 2 N–H and O–H groups in total. The number of carbonyl (C=O) groups is 1. The summed E-state index contributed by atoms with van der Waals surface area (Å²) in [4.78, 5) is 14.5. The predicted octanol–water partition coefficient (Wildman–Crippen LogP) is 1.38. The molecule has 0 radical (unpaired) electrons. The van der Waals surface area contributed by atoms with Crippen molar-refractivity contribution in [1.82, 2.24) is 4.90 Å². The van der Waals surface area contributed by atoms with Crippen molar-refractivity contribution >= 4 is 5.91 Å². The molecule has 0 aromatic rings. The Labute approximate surface area is 104 Å². The summed E-state index contributed by atoms with van der Waals surface area (Å²) in [5.74, 6) is 3.51. The van der Waals surface area contributed by atoms with E-state index in [0.29, 0.717) is 19.0 Å². The van der Waals surface area contributed by atoms with Gasteiger partial charge in [0.05, 0.1) is 12.0 Å². The van der Waals surface area contributed by atoms with Crippen molar-refractivity contribution in [2.24, 2.45) is 17.1 Å². The van der Waals surface area contributed by atoms with E-state index in [1.165, 1.54) is 12.8 Å². The van der Waals surface area contributed by atoms with Crippen LogP contribution in [0.2, 0.25) is 0 Å². The highest BCUT2D eigenvalue weighted by atomic mass is 16.2. The standard InChI is InChI=1S/C14H22N2O/c1-2-9-16(10-12-5-6-12)13(17)14(11-15)7-3-4-8-14/h1,12H,3-11,15H2. The van der Waals surface area contributed by atoms with E-state index in [4.69, 9.17) is 12.2 Å². The van der Waals surface area contributed by atoms with Crippen molar-refractivity contribution < 1.29 is 4.79 Å². The van der Waals surface area contributed by atoms with Crippen molar-refractivity contribution in [3.05, 3.63) is 0 Å². The summed E-state index contributed by atoms with van der Waals surface area (Å²) in [5, 5.41) is 0. The molecule has 2 aliphatic rings. The van der Waals surface area contributed by atoms with Crippen LogP contribution in [-0.2, 0) is 4.79 Å². The summed E-state index contributed by atoms with van der Waals surface area (Å²) >= 11 is 0. The predicted molar refractivity (Wildman–Crippen MR) is 68.1 cm³/mol. The van der Waals surface area contributed by atoms with E-state index in [9.17, 15) is 4.79 Å². The van der Waals surface area contributed by atoms with Crippen molar-refractivity contribution in [1.29, 1.82) is 0 Å². The van der Waals surface area contributed by atoms with Crippen molar-refractivity contribution in [3.8, 4) is 12.3 Å². The average molecular weight is 234 g/mol. The normalized spacial score (nSPS) is 22.1. The second-order valence-corrected chi connectivity index (χ2v) is 5.52. The van der Waals surface area contributed by atoms with Gasteiger partial charge >= 0.3 is 0 Å². The molecule has 94 valence electrons. The lowest BCUT2D eigenvalue weighted by atomic mass is 9.84. The van der Waals surface area contributed by atoms with Gasteiger partial charge in [-0.15, -0.1) is 6.42 Å². The maximum atomic E-state index is 12.6. The first-order chi connectivity index (χ1) is 8.22. The third kappa shape index (κ3) is 2.63. The third-order valence-electron chi connectivity index (χ3n) is 4.15. The molecule has 2 rings (SSSR count). The molecule has 0 aromatic heterocycles. The number of nitrogens with two attached hydrogens (primary N) is 1. The fourth-order valence-electron chi connectivity index (χ4n) is 2.83. The monoisotopic (exact) mass is 234 g/mol. The third-order valence-corrected chi connectivity index (χ3v) is 4.15. The number of nitrogens with zero attached hydrogens (tertiary/aromatic N) is 1. The molecule has 1 amide bonds. The second-order valence-electron chi connectivity index (χ2n) is 5.52. The minimum Gasteiger partial charge on any atom is -0.331 e. The van der Waals surface area contributed by atoms with Gasteiger partial charge in [-0.25, -0.2) is 0 Å². The van der Waals surface area contributed by atoms with Gasteiger partial charge in [0.25, 0.3) is 0 Å². The molecule has 0 saturated heterocycles. The Bertz CT molecular complexity index is 322. The molecule has 3 heteroatoms. The Morgan fingerprint density at radius 1 is 1.41 bits per heavy atom. The van der Waals surface area contributed by atoms with Gasteiger partial charge in [-0.3, -0.25) is 4.79 Å². The van der Waals surface area contributed by atoms with Crippen LogP contribution in [0.3, 0.4) is 0 Å². The summed E-state index contributed by atoms with van der Waals surface area (Å²) in [5.41, 5.74) is 5.55. The van der Waals surface area contributed by atoms with Crippen LogP contribution in [0.25, 0.3) is 0 Å². The highest BCUT2D eigenvalue weighted by Gasteiger charge is 2.43. The Kier molecular flexibility index (Phi) is 3.73. The second kappa shape index (κ2) is 5.10. The van der Waals surface area contributed by atoms with Crippen LogP contribution in [-0.4, -0.2) is 30.4 Å². The van der Waals surface area contributed by atoms with E-state index in [2.05, 4.69) is 5.92 Å². The van der Waals surface area contributed by atoms with Crippen LogP contribution in [0.1, 0.15) is 38.5 Å². The minimum absolute atomic E-state index is 0.211. The smallest absolute Gasteiger partial charge is 0.230 e. The van der Waals surface area contributed by atoms with Crippen molar-refractivity contribution in [3.63, 3.8) is 0 Å². The Morgan fingerprint density at radius 2 is 2.06 bits per heavy atom. The molecule has 2 fully saturated rings. The van der Waals surface area contributed by atoms with Crippen LogP contribution in [0.4, 0.5) is 0 Å². The van der Waals surface area contributed by atoms with Crippen LogP contribution >= 0.6 is 0 Å². The van der Waals surface area contributed by atoms with Gasteiger partial charge in [0.15, 0.2) is 0 Å². The zero-order valence-corrected chi connectivity index (χ0v) is 10.5. The quantitative estimate of drug-likeness (QED) is 0.730. The maximum absolute atomic E-state index is 12.6. The highest BCUT2D eigenvalue weighted by Crippen LogP contribution is 2.40. The topological polar surface area (TPSA) is 46.3 Å². The van der Waals surface area contributed by atoms with Gasteiger partial charge < -0.3 is 10.6 Å². The molecule has 0 heterocycles. The molecule has 0 aromatic carbocycles. The van der Waals surface area contributed by atoms with E-state index in [1.54, 1.807) is 0 Å². The summed E-state index contributed by atoms with van der Waals surface area (Å²) in [6, 6.07) is 0. The largest absolute Gasteiger partial charge is 0.331 e. The first-order valence-corrected chi connectivity index (χ1v) is 6.65. The Hall–Kier alpha value is -1.01. The SMILES string of the molecule is C#CCN(CC1CC1)C(=O)C1(CN)CCCC1. The zero-order chi connectivity index (χ0) is 12.3. The molecule has 0 spiro atoms. The number of terminal acetylenes is 1. The molecule has 0 unspecified atom stereocenters. The van der Waals surface area contributed by atoms with Crippen molar-refractivity contribution in [2.45, 2.75) is 38.5 Å². The summed E-state index contributed by atoms with van der Waals surface area (Å²) in [6.45, 7) is 1.75. The Morgan fingerprint density at radius 3 is 2.53 bits per heavy atom. The van der Waals surface area contributed by atoms with Crippen LogP contribution < -0.4 is 5.73 Å². The van der Waals surface area contributed by atoms with Gasteiger partial charge in [-0.05, 0) is 31.6 Å². The molecule has 2 saturated carbocycles. The van der Waals surface area contributed by atoms with E-state index in [1.807, 2.05) is 4.90 Å². The molecule has 17 heavy (non-hydrogen) atoms. The fourth-order valence-corrected chi connectivity index (χ4v) is 2.83. The van der Waals surface area contributed by atoms with Gasteiger partial charge in [-0.1, -0.05) is 18.8 Å². The minimum atomic E-state index is -0.300. The highest BCUT2D eigenvalue weighted by molar-refractivity contribution is 5.83. The Balaban J connectivity index is 2.05. The van der Waals surface area contributed by atoms with E-state index in [0.717, 1.165) is 32.2 Å². The first-order valence-electron chi connectivity index (χ1n) is 6.65. The number of hydrogen-bond donors (Lipinski definition) is 1. The molecular weight excluding hydrogens is 212 g/mol. The lowest BCUT2D eigenvalue weighted by Crippen LogP contribution is -2.47. The summed E-state index contributed by atoms with van der Waals surface area (Å²) in [7, 11) is 0. The lowest BCUT2D eigenvalue weighted by Gasteiger charge is -2.32. The molecular formula is C14H22N2O. The number of amides is 1. The van der Waals surface area contributed by atoms with Crippen LogP contribution in [0.5, 0.6) is 0 Å². The van der Waals surface area contributed by atoms with Gasteiger partial charge in [-0.2, -0.15) is 0 Å². The zero-order valence-electron chi connectivity index (χ0n) is 10.5. The number of hydrogen-bond acceptors (Lipinski definition) is 2. The molecule has 0 aliphatic heterocycles.